The van der Waals surface area contributed by atoms with Gasteiger partial charge in [0.15, 0.2) is 6.10 Å². The van der Waals surface area contributed by atoms with E-state index in [1.807, 2.05) is 0 Å². The molecule has 24 heavy (non-hydrogen) atoms. The monoisotopic (exact) mass is 329 g/mol. The summed E-state index contributed by atoms with van der Waals surface area (Å²) < 4.78 is 19.4. The van der Waals surface area contributed by atoms with E-state index in [0.717, 1.165) is 31.6 Å². The molecule has 126 valence electrons. The van der Waals surface area contributed by atoms with Crippen LogP contribution >= 0.6 is 0 Å². The first kappa shape index (κ1) is 16.2. The molecule has 1 saturated heterocycles. The Kier molecular flexibility index (Phi) is 4.93. The number of nitrogens with zero attached hydrogens (tertiary/aromatic N) is 2. The Hall–Kier alpha value is -2.63. The van der Waals surface area contributed by atoms with Crippen LogP contribution in [0.3, 0.4) is 0 Å². The molecule has 5 nitrogen and oxygen atoms in total. The van der Waals surface area contributed by atoms with Crippen molar-refractivity contribution in [2.45, 2.75) is 25.9 Å². The van der Waals surface area contributed by atoms with Gasteiger partial charge in [-0.3, -0.25) is 9.78 Å². The normalized spacial score (nSPS) is 15.2. The van der Waals surface area contributed by atoms with Gasteiger partial charge in [-0.2, -0.15) is 0 Å². The van der Waals surface area contributed by atoms with Crippen LogP contribution in [0.25, 0.3) is 0 Å². The number of benzene rings is 1. The number of ether oxygens (including phenoxy) is 1. The summed E-state index contributed by atoms with van der Waals surface area (Å²) in [5, 5.41) is 2.72. The zero-order chi connectivity index (χ0) is 16.9. The predicted octanol–water partition coefficient (Wildman–Crippen LogP) is 3.23. The summed E-state index contributed by atoms with van der Waals surface area (Å²) in [6, 6.07) is 8.06. The smallest absolute Gasteiger partial charge is 0.265 e. The van der Waals surface area contributed by atoms with E-state index >= 15 is 0 Å². The van der Waals surface area contributed by atoms with E-state index in [1.54, 1.807) is 31.3 Å². The van der Waals surface area contributed by atoms with E-state index in [2.05, 4.69) is 15.2 Å². The molecule has 0 unspecified atom stereocenters. The lowest BCUT2D eigenvalue weighted by atomic mass is 10.2. The topological polar surface area (TPSA) is 54.5 Å². The number of rotatable bonds is 5. The molecule has 0 radical (unpaired) electrons. The molecule has 1 aliphatic heterocycles. The van der Waals surface area contributed by atoms with Crippen molar-refractivity contribution in [1.29, 1.82) is 0 Å². The second-order valence-electron chi connectivity index (χ2n) is 5.83. The average molecular weight is 329 g/mol. The number of nitrogens with one attached hydrogen (secondary N) is 1. The fourth-order valence-electron chi connectivity index (χ4n) is 2.72. The van der Waals surface area contributed by atoms with Crippen molar-refractivity contribution in [2.24, 2.45) is 0 Å². The average Bonchev–Trinajstić information content (AvgIpc) is 3.09. The van der Waals surface area contributed by atoms with Crippen LogP contribution in [0.1, 0.15) is 19.8 Å². The van der Waals surface area contributed by atoms with Crippen LogP contribution in [-0.2, 0) is 4.79 Å². The van der Waals surface area contributed by atoms with Crippen LogP contribution in [0, 0.1) is 5.82 Å². The molecule has 0 saturated carbocycles. The Labute approximate surface area is 140 Å². The summed E-state index contributed by atoms with van der Waals surface area (Å²) >= 11 is 0. The molecular formula is C18H20FN3O2. The lowest BCUT2D eigenvalue weighted by Crippen LogP contribution is -2.30. The van der Waals surface area contributed by atoms with Gasteiger partial charge in [-0.05, 0) is 50.1 Å². The number of amides is 1. The number of anilines is 2. The van der Waals surface area contributed by atoms with Gasteiger partial charge < -0.3 is 15.0 Å². The second-order valence-corrected chi connectivity index (χ2v) is 5.83. The summed E-state index contributed by atoms with van der Waals surface area (Å²) in [4.78, 5) is 18.3. The first-order chi connectivity index (χ1) is 11.6. The molecule has 1 fully saturated rings. The SMILES string of the molecule is C[C@@H](Oc1cccnc1)C(=O)Nc1cc(F)cc(N2CCCC2)c1. The molecule has 1 aromatic heterocycles. The largest absolute Gasteiger partial charge is 0.479 e. The van der Waals surface area contributed by atoms with Gasteiger partial charge in [-0.15, -0.1) is 0 Å². The highest BCUT2D eigenvalue weighted by Crippen LogP contribution is 2.25. The maximum atomic E-state index is 13.9. The highest BCUT2D eigenvalue weighted by atomic mass is 19.1. The number of carbonyl (C=O) groups excluding carboxylic acids is 1. The fourth-order valence-corrected chi connectivity index (χ4v) is 2.72. The van der Waals surface area contributed by atoms with Crippen molar-refractivity contribution in [3.63, 3.8) is 0 Å². The summed E-state index contributed by atoms with van der Waals surface area (Å²) in [5.74, 6) is -0.190. The lowest BCUT2D eigenvalue weighted by Gasteiger charge is -2.19. The van der Waals surface area contributed by atoms with Crippen LogP contribution in [0.15, 0.2) is 42.7 Å². The second kappa shape index (κ2) is 7.29. The molecule has 2 heterocycles. The van der Waals surface area contributed by atoms with E-state index in [9.17, 15) is 9.18 Å². The highest BCUT2D eigenvalue weighted by molar-refractivity contribution is 5.94. The molecule has 0 spiro atoms. The quantitative estimate of drug-likeness (QED) is 0.915. The van der Waals surface area contributed by atoms with E-state index in [-0.39, 0.29) is 11.7 Å². The highest BCUT2D eigenvalue weighted by Gasteiger charge is 2.18. The molecule has 6 heteroatoms. The lowest BCUT2D eigenvalue weighted by molar-refractivity contribution is -0.122. The van der Waals surface area contributed by atoms with Crippen molar-refractivity contribution in [3.05, 3.63) is 48.5 Å². The zero-order valence-electron chi connectivity index (χ0n) is 13.5. The Morgan fingerprint density at radius 1 is 1.33 bits per heavy atom. The molecule has 1 aromatic carbocycles. The van der Waals surface area contributed by atoms with E-state index < -0.39 is 6.10 Å². The molecule has 1 amide bonds. The number of aromatic nitrogens is 1. The molecule has 0 bridgehead atoms. The standard InChI is InChI=1S/C18H20FN3O2/c1-13(24-17-5-4-6-20-12-17)18(23)21-15-9-14(19)10-16(11-15)22-7-2-3-8-22/h4-6,9-13H,2-3,7-8H2,1H3,(H,21,23)/t13-/m1/s1. The minimum Gasteiger partial charge on any atom is -0.479 e. The zero-order valence-corrected chi connectivity index (χ0v) is 13.5. The van der Waals surface area contributed by atoms with Crippen molar-refractivity contribution < 1.29 is 13.9 Å². The van der Waals surface area contributed by atoms with Gasteiger partial charge in [0.1, 0.15) is 11.6 Å². The van der Waals surface area contributed by atoms with Gasteiger partial charge in [0, 0.05) is 30.7 Å². The van der Waals surface area contributed by atoms with E-state index in [1.165, 1.54) is 18.3 Å². The summed E-state index contributed by atoms with van der Waals surface area (Å²) in [6.07, 6.45) is 4.66. The predicted molar refractivity (Wildman–Crippen MR) is 90.8 cm³/mol. The maximum Gasteiger partial charge on any atom is 0.265 e. The molecule has 0 aliphatic carbocycles. The third-order valence-corrected chi connectivity index (χ3v) is 3.94. The van der Waals surface area contributed by atoms with Crippen LogP contribution in [0.5, 0.6) is 5.75 Å². The first-order valence-electron chi connectivity index (χ1n) is 8.05. The van der Waals surface area contributed by atoms with Crippen LogP contribution in [-0.4, -0.2) is 30.1 Å². The van der Waals surface area contributed by atoms with Crippen molar-refractivity contribution >= 4 is 17.3 Å². The van der Waals surface area contributed by atoms with Gasteiger partial charge in [0.25, 0.3) is 5.91 Å². The van der Waals surface area contributed by atoms with Gasteiger partial charge in [-0.25, -0.2) is 4.39 Å². The minimum absolute atomic E-state index is 0.336. The number of hydrogen-bond acceptors (Lipinski definition) is 4. The minimum atomic E-state index is -0.715. The van der Waals surface area contributed by atoms with Gasteiger partial charge in [-0.1, -0.05) is 0 Å². The van der Waals surface area contributed by atoms with Crippen LogP contribution < -0.4 is 15.0 Å². The number of halogens is 1. The molecule has 3 rings (SSSR count). The number of hydrogen-bond donors (Lipinski definition) is 1. The number of carbonyl (C=O) groups is 1. The van der Waals surface area contributed by atoms with Gasteiger partial charge in [0.2, 0.25) is 0 Å². The molecule has 2 aromatic rings. The molecular weight excluding hydrogens is 309 g/mol. The number of pyridine rings is 1. The Morgan fingerprint density at radius 2 is 2.12 bits per heavy atom. The van der Waals surface area contributed by atoms with Crippen molar-refractivity contribution in [1.82, 2.24) is 4.98 Å². The summed E-state index contributed by atoms with van der Waals surface area (Å²) in [5.41, 5.74) is 1.23. The molecule has 1 aliphatic rings. The van der Waals surface area contributed by atoms with Gasteiger partial charge >= 0.3 is 0 Å². The maximum absolute atomic E-state index is 13.9. The first-order valence-corrected chi connectivity index (χ1v) is 8.05. The Balaban J connectivity index is 1.67. The Morgan fingerprint density at radius 3 is 2.83 bits per heavy atom. The van der Waals surface area contributed by atoms with Crippen molar-refractivity contribution in [2.75, 3.05) is 23.3 Å². The fraction of sp³-hybridized carbons (Fsp3) is 0.333. The van der Waals surface area contributed by atoms with E-state index in [0.29, 0.717) is 11.4 Å². The third kappa shape index (κ3) is 4.01. The van der Waals surface area contributed by atoms with Crippen LogP contribution in [0.4, 0.5) is 15.8 Å². The van der Waals surface area contributed by atoms with Gasteiger partial charge in [0.05, 0.1) is 6.20 Å². The molecule has 1 atom stereocenters. The van der Waals surface area contributed by atoms with Crippen LogP contribution in [0.2, 0.25) is 0 Å². The Bertz CT molecular complexity index is 703. The summed E-state index contributed by atoms with van der Waals surface area (Å²) in [7, 11) is 0. The van der Waals surface area contributed by atoms with E-state index in [4.69, 9.17) is 4.74 Å². The van der Waals surface area contributed by atoms with Crippen molar-refractivity contribution in [3.8, 4) is 5.75 Å². The molecule has 1 N–H and O–H groups in total. The third-order valence-electron chi connectivity index (χ3n) is 3.94. The summed E-state index contributed by atoms with van der Waals surface area (Å²) in [6.45, 7) is 3.47.